The van der Waals surface area contributed by atoms with Gasteiger partial charge in [-0.15, -0.1) is 0 Å². The van der Waals surface area contributed by atoms with Gasteiger partial charge in [0.1, 0.15) is 5.60 Å². The van der Waals surface area contributed by atoms with Crippen LogP contribution in [0.2, 0.25) is 0 Å². The lowest BCUT2D eigenvalue weighted by molar-refractivity contribution is -0.146. The monoisotopic (exact) mass is 410 g/mol. The standard InChI is InChI=1S/C23H42N2O4/c1-21(2,3)19(27)25(16-9-11-23(7,8)12-10-16)17-13-18(15-26)24(14-17)20(28)29-22(4,5)6/h16-18,26H,9-15H2,1-8H3/t17-,18+/m0/s1. The van der Waals surface area contributed by atoms with Gasteiger partial charge < -0.3 is 19.6 Å². The van der Waals surface area contributed by atoms with Crippen LogP contribution in [-0.2, 0) is 9.53 Å². The lowest BCUT2D eigenvalue weighted by Gasteiger charge is -2.45. The molecule has 168 valence electrons. The zero-order chi connectivity index (χ0) is 22.2. The average molecular weight is 411 g/mol. The van der Waals surface area contributed by atoms with Gasteiger partial charge in [-0.1, -0.05) is 34.6 Å². The van der Waals surface area contributed by atoms with E-state index in [9.17, 15) is 14.7 Å². The third-order valence-corrected chi connectivity index (χ3v) is 6.20. The Labute approximate surface area is 177 Å². The molecular formula is C23H42N2O4. The van der Waals surface area contributed by atoms with E-state index in [4.69, 9.17) is 4.74 Å². The summed E-state index contributed by atoms with van der Waals surface area (Å²) in [6, 6.07) is -0.208. The molecule has 2 atom stereocenters. The Bertz CT molecular complexity index is 593. The second-order valence-electron chi connectivity index (χ2n) is 11.7. The number of amides is 2. The zero-order valence-electron chi connectivity index (χ0n) is 19.7. The molecule has 0 aromatic carbocycles. The van der Waals surface area contributed by atoms with Crippen LogP contribution >= 0.6 is 0 Å². The van der Waals surface area contributed by atoms with Crippen LogP contribution in [0.3, 0.4) is 0 Å². The fourth-order valence-corrected chi connectivity index (χ4v) is 4.49. The van der Waals surface area contributed by atoms with Gasteiger partial charge in [-0.05, 0) is 58.3 Å². The molecule has 0 radical (unpaired) electrons. The SMILES string of the molecule is CC1(C)CCC(N(C(=O)C(C)(C)C)[C@H]2C[C@H](CO)N(C(=O)OC(C)(C)C)C2)CC1. The predicted octanol–water partition coefficient (Wildman–Crippen LogP) is 4.20. The minimum absolute atomic E-state index is 0.0856. The molecule has 2 rings (SSSR count). The zero-order valence-corrected chi connectivity index (χ0v) is 19.7. The molecule has 0 spiro atoms. The van der Waals surface area contributed by atoms with E-state index in [2.05, 4.69) is 18.7 Å². The van der Waals surface area contributed by atoms with Crippen molar-refractivity contribution in [2.45, 2.75) is 111 Å². The normalized spacial score (nSPS) is 25.8. The summed E-state index contributed by atoms with van der Waals surface area (Å²) in [5, 5.41) is 9.91. The lowest BCUT2D eigenvalue weighted by atomic mass is 9.74. The van der Waals surface area contributed by atoms with E-state index in [1.165, 1.54) is 0 Å². The summed E-state index contributed by atoms with van der Waals surface area (Å²) in [7, 11) is 0. The van der Waals surface area contributed by atoms with Crippen molar-refractivity contribution in [3.05, 3.63) is 0 Å². The van der Waals surface area contributed by atoms with Crippen LogP contribution in [0.25, 0.3) is 0 Å². The van der Waals surface area contributed by atoms with Crippen molar-refractivity contribution in [2.24, 2.45) is 10.8 Å². The first kappa shape index (κ1) is 24.0. The Balaban J connectivity index is 2.24. The lowest BCUT2D eigenvalue weighted by Crippen LogP contribution is -2.53. The van der Waals surface area contributed by atoms with Crippen LogP contribution in [-0.4, -0.2) is 63.8 Å². The Morgan fingerprint density at radius 3 is 2.07 bits per heavy atom. The molecule has 1 aliphatic carbocycles. The molecule has 0 bridgehead atoms. The van der Waals surface area contributed by atoms with Gasteiger partial charge in [0.2, 0.25) is 5.91 Å². The molecule has 1 heterocycles. The molecule has 29 heavy (non-hydrogen) atoms. The van der Waals surface area contributed by atoms with Gasteiger partial charge in [0.15, 0.2) is 0 Å². The largest absolute Gasteiger partial charge is 0.444 e. The molecule has 0 aromatic rings. The number of aliphatic hydroxyl groups excluding tert-OH is 1. The summed E-state index contributed by atoms with van der Waals surface area (Å²) in [4.78, 5) is 29.8. The highest BCUT2D eigenvalue weighted by Crippen LogP contribution is 2.40. The second kappa shape index (κ2) is 8.44. The van der Waals surface area contributed by atoms with Gasteiger partial charge in [-0.25, -0.2) is 4.79 Å². The van der Waals surface area contributed by atoms with E-state index in [0.29, 0.717) is 18.4 Å². The molecular weight excluding hydrogens is 368 g/mol. The quantitative estimate of drug-likeness (QED) is 0.757. The molecule has 2 amide bonds. The third kappa shape index (κ3) is 6.09. The van der Waals surface area contributed by atoms with Gasteiger partial charge in [0, 0.05) is 18.0 Å². The Morgan fingerprint density at radius 2 is 1.62 bits per heavy atom. The topological polar surface area (TPSA) is 70.1 Å². The van der Waals surface area contributed by atoms with Crippen molar-refractivity contribution in [2.75, 3.05) is 13.2 Å². The molecule has 1 aliphatic heterocycles. The van der Waals surface area contributed by atoms with E-state index in [1.807, 2.05) is 41.5 Å². The first-order valence-electron chi connectivity index (χ1n) is 11.1. The highest BCUT2D eigenvalue weighted by molar-refractivity contribution is 5.82. The fraction of sp³-hybridized carbons (Fsp3) is 0.913. The van der Waals surface area contributed by atoms with Gasteiger partial charge >= 0.3 is 6.09 Å². The minimum Gasteiger partial charge on any atom is -0.444 e. The minimum atomic E-state index is -0.592. The fourth-order valence-electron chi connectivity index (χ4n) is 4.49. The number of nitrogens with zero attached hydrogens (tertiary/aromatic N) is 2. The van der Waals surface area contributed by atoms with E-state index in [1.54, 1.807) is 4.90 Å². The number of carbonyl (C=O) groups is 2. The summed E-state index contributed by atoms with van der Waals surface area (Å²) in [6.45, 7) is 16.3. The number of rotatable bonds is 3. The van der Waals surface area contributed by atoms with Crippen molar-refractivity contribution in [3.8, 4) is 0 Å². The smallest absolute Gasteiger partial charge is 0.410 e. The molecule has 2 aliphatic rings. The van der Waals surface area contributed by atoms with Crippen LogP contribution in [0.15, 0.2) is 0 Å². The van der Waals surface area contributed by atoms with Crippen LogP contribution in [0.5, 0.6) is 0 Å². The Kier molecular flexibility index (Phi) is 6.98. The van der Waals surface area contributed by atoms with Crippen molar-refractivity contribution in [1.29, 1.82) is 0 Å². The van der Waals surface area contributed by atoms with Crippen LogP contribution < -0.4 is 0 Å². The van der Waals surface area contributed by atoms with Crippen molar-refractivity contribution in [3.63, 3.8) is 0 Å². The summed E-state index contributed by atoms with van der Waals surface area (Å²) in [5.41, 5.74) is -0.759. The first-order valence-corrected chi connectivity index (χ1v) is 11.1. The number of hydrogen-bond donors (Lipinski definition) is 1. The van der Waals surface area contributed by atoms with Gasteiger partial charge in [-0.2, -0.15) is 0 Å². The number of ether oxygens (including phenoxy) is 1. The maximum Gasteiger partial charge on any atom is 0.410 e. The number of aliphatic hydroxyl groups is 1. The van der Waals surface area contributed by atoms with Crippen molar-refractivity contribution in [1.82, 2.24) is 9.80 Å². The maximum atomic E-state index is 13.4. The molecule has 1 saturated carbocycles. The Hall–Kier alpha value is -1.30. The highest BCUT2D eigenvalue weighted by Gasteiger charge is 2.45. The van der Waals surface area contributed by atoms with Gasteiger partial charge in [0.05, 0.1) is 18.7 Å². The van der Waals surface area contributed by atoms with Gasteiger partial charge in [0.25, 0.3) is 0 Å². The predicted molar refractivity (Wildman–Crippen MR) is 115 cm³/mol. The third-order valence-electron chi connectivity index (χ3n) is 6.20. The van der Waals surface area contributed by atoms with Crippen LogP contribution in [0.1, 0.15) is 87.5 Å². The molecule has 1 saturated heterocycles. The molecule has 6 heteroatoms. The molecule has 2 fully saturated rings. The van der Waals surface area contributed by atoms with Crippen molar-refractivity contribution < 1.29 is 19.4 Å². The summed E-state index contributed by atoms with van der Waals surface area (Å²) >= 11 is 0. The highest BCUT2D eigenvalue weighted by atomic mass is 16.6. The first-order chi connectivity index (χ1) is 13.1. The Morgan fingerprint density at radius 1 is 1.07 bits per heavy atom. The van der Waals surface area contributed by atoms with Crippen LogP contribution in [0.4, 0.5) is 4.79 Å². The van der Waals surface area contributed by atoms with Crippen molar-refractivity contribution >= 4 is 12.0 Å². The summed E-state index contributed by atoms with van der Waals surface area (Å²) in [5.74, 6) is 0.134. The van der Waals surface area contributed by atoms with E-state index < -0.39 is 17.1 Å². The summed E-state index contributed by atoms with van der Waals surface area (Å²) < 4.78 is 5.55. The van der Waals surface area contributed by atoms with E-state index >= 15 is 0 Å². The molecule has 0 unspecified atom stereocenters. The average Bonchev–Trinajstić information content (AvgIpc) is 2.98. The van der Waals surface area contributed by atoms with Gasteiger partial charge in [-0.3, -0.25) is 4.79 Å². The molecule has 6 nitrogen and oxygen atoms in total. The number of carbonyl (C=O) groups excluding carboxylic acids is 2. The maximum absolute atomic E-state index is 13.4. The van der Waals surface area contributed by atoms with E-state index in [-0.39, 0.29) is 30.6 Å². The second-order valence-corrected chi connectivity index (χ2v) is 11.7. The van der Waals surface area contributed by atoms with Crippen LogP contribution in [0, 0.1) is 10.8 Å². The summed E-state index contributed by atoms with van der Waals surface area (Å²) in [6.07, 6.45) is 4.35. The van der Waals surface area contributed by atoms with E-state index in [0.717, 1.165) is 25.7 Å². The molecule has 1 N–H and O–H groups in total. The molecule has 0 aromatic heterocycles. The number of hydrogen-bond acceptors (Lipinski definition) is 4. The number of likely N-dealkylation sites (tertiary alicyclic amines) is 1.